The fraction of sp³-hybridized carbons (Fsp3) is 0.278. The van der Waals surface area contributed by atoms with Gasteiger partial charge in [0, 0.05) is 6.07 Å². The average molecular weight is 362 g/mol. The van der Waals surface area contributed by atoms with Gasteiger partial charge in [-0.1, -0.05) is 25.4 Å². The number of hydrogen-bond donors (Lipinski definition) is 1. The zero-order valence-corrected chi connectivity index (χ0v) is 14.8. The van der Waals surface area contributed by atoms with Crippen LogP contribution in [-0.2, 0) is 6.42 Å². The first kappa shape index (κ1) is 17.4. The summed E-state index contributed by atoms with van der Waals surface area (Å²) < 4.78 is 15.4. The molecular weight excluding hydrogens is 345 g/mol. The largest absolute Gasteiger partial charge is 0.477 e. The van der Waals surface area contributed by atoms with Gasteiger partial charge in [0.2, 0.25) is 0 Å². The van der Waals surface area contributed by atoms with Crippen LogP contribution in [0.3, 0.4) is 0 Å². The Labute approximate surface area is 149 Å². The molecule has 0 aliphatic carbocycles. The molecule has 0 bridgehead atoms. The van der Waals surface area contributed by atoms with Crippen molar-refractivity contribution >= 4 is 28.6 Å². The molecule has 0 aliphatic rings. The summed E-state index contributed by atoms with van der Waals surface area (Å²) in [6, 6.07) is 6.15. The second-order valence-electron chi connectivity index (χ2n) is 6.38. The van der Waals surface area contributed by atoms with Crippen molar-refractivity contribution in [2.75, 3.05) is 0 Å². The summed E-state index contributed by atoms with van der Waals surface area (Å²) in [6.45, 7) is 5.76. The van der Waals surface area contributed by atoms with Gasteiger partial charge in [0.1, 0.15) is 11.3 Å². The highest BCUT2D eigenvalue weighted by atomic mass is 35.5. The molecule has 0 fully saturated rings. The maximum Gasteiger partial charge on any atom is 0.354 e. The molecule has 0 atom stereocenters. The second-order valence-corrected chi connectivity index (χ2v) is 6.79. The van der Waals surface area contributed by atoms with Crippen LogP contribution in [0.25, 0.3) is 16.7 Å². The highest BCUT2D eigenvalue weighted by molar-refractivity contribution is 6.30. The smallest absolute Gasteiger partial charge is 0.354 e. The number of carboxylic acid groups (broad SMARTS) is 1. The lowest BCUT2D eigenvalue weighted by atomic mass is 10.1. The first-order valence-corrected chi connectivity index (χ1v) is 8.23. The summed E-state index contributed by atoms with van der Waals surface area (Å²) >= 11 is 5.76. The molecule has 0 saturated carbocycles. The van der Waals surface area contributed by atoms with Crippen LogP contribution in [0.15, 0.2) is 24.3 Å². The van der Waals surface area contributed by atoms with E-state index in [-0.39, 0.29) is 10.7 Å². The number of pyridine rings is 1. The van der Waals surface area contributed by atoms with Crippen LogP contribution >= 0.6 is 11.6 Å². The van der Waals surface area contributed by atoms with Crippen LogP contribution in [0.2, 0.25) is 5.02 Å². The molecule has 1 N–H and O–H groups in total. The summed E-state index contributed by atoms with van der Waals surface area (Å²) in [4.78, 5) is 15.7. The predicted octanol–water partition coefficient (Wildman–Crippen LogP) is 4.42. The van der Waals surface area contributed by atoms with Gasteiger partial charge in [0.15, 0.2) is 5.69 Å². The highest BCUT2D eigenvalue weighted by Gasteiger charge is 2.19. The van der Waals surface area contributed by atoms with Gasteiger partial charge in [-0.05, 0) is 43.0 Å². The Kier molecular flexibility index (Phi) is 4.47. The summed E-state index contributed by atoms with van der Waals surface area (Å²) in [6.07, 6.45) is 0.634. The zero-order chi connectivity index (χ0) is 18.3. The quantitative estimate of drug-likeness (QED) is 0.747. The number of aryl methyl sites for hydroxylation is 1. The average Bonchev–Trinajstić information content (AvgIpc) is 2.86. The van der Waals surface area contributed by atoms with Crippen molar-refractivity contribution in [3.8, 4) is 5.69 Å². The molecule has 7 heteroatoms. The third kappa shape index (κ3) is 3.22. The van der Waals surface area contributed by atoms with E-state index in [2.05, 4.69) is 10.1 Å². The van der Waals surface area contributed by atoms with Crippen molar-refractivity contribution in [1.29, 1.82) is 0 Å². The lowest BCUT2D eigenvalue weighted by Gasteiger charge is -2.06. The van der Waals surface area contributed by atoms with Crippen molar-refractivity contribution in [1.82, 2.24) is 14.8 Å². The summed E-state index contributed by atoms with van der Waals surface area (Å²) in [5.41, 5.74) is 2.87. The van der Waals surface area contributed by atoms with Crippen molar-refractivity contribution in [2.45, 2.75) is 27.2 Å². The monoisotopic (exact) mass is 361 g/mol. The minimum atomic E-state index is -1.08. The Morgan fingerprint density at radius 1 is 1.36 bits per heavy atom. The number of halogens is 2. The molecule has 130 valence electrons. The first-order chi connectivity index (χ1) is 11.8. The van der Waals surface area contributed by atoms with E-state index in [0.717, 1.165) is 0 Å². The van der Waals surface area contributed by atoms with Crippen LogP contribution in [0.4, 0.5) is 4.39 Å². The summed E-state index contributed by atoms with van der Waals surface area (Å²) in [7, 11) is 0. The molecule has 3 aromatic rings. The number of carbonyl (C=O) groups is 1. The summed E-state index contributed by atoms with van der Waals surface area (Å²) in [5, 5.41) is 13.9. The zero-order valence-electron chi connectivity index (χ0n) is 14.0. The first-order valence-electron chi connectivity index (χ1n) is 7.86. The molecule has 0 amide bonds. The van der Waals surface area contributed by atoms with E-state index < -0.39 is 11.8 Å². The van der Waals surface area contributed by atoms with E-state index >= 15 is 0 Å². The van der Waals surface area contributed by atoms with Crippen LogP contribution in [0, 0.1) is 18.7 Å². The van der Waals surface area contributed by atoms with E-state index in [9.17, 15) is 14.3 Å². The number of carboxylic acids is 1. The van der Waals surface area contributed by atoms with Crippen molar-refractivity contribution < 1.29 is 14.3 Å². The van der Waals surface area contributed by atoms with E-state index in [4.69, 9.17) is 11.6 Å². The number of aromatic nitrogens is 3. The predicted molar refractivity (Wildman–Crippen MR) is 94.1 cm³/mol. The van der Waals surface area contributed by atoms with E-state index in [1.807, 2.05) is 13.8 Å². The molecule has 2 heterocycles. The SMILES string of the molecule is Cc1cc2c(nc1C(=O)O)c(CC(C)C)nn2-c1ccc(Cl)c(F)c1. The number of nitrogens with zero attached hydrogens (tertiary/aromatic N) is 3. The molecule has 2 aromatic heterocycles. The van der Waals surface area contributed by atoms with E-state index in [1.165, 1.54) is 12.1 Å². The van der Waals surface area contributed by atoms with Gasteiger partial charge in [-0.25, -0.2) is 18.9 Å². The van der Waals surface area contributed by atoms with E-state index in [0.29, 0.717) is 40.3 Å². The van der Waals surface area contributed by atoms with Gasteiger partial charge >= 0.3 is 5.97 Å². The molecule has 1 aromatic carbocycles. The van der Waals surface area contributed by atoms with Crippen LogP contribution in [-0.4, -0.2) is 25.8 Å². The number of benzene rings is 1. The fourth-order valence-electron chi connectivity index (χ4n) is 2.75. The standard InChI is InChI=1S/C18H17ClFN3O2/c1-9(2)6-14-17-15(7-10(3)16(21-17)18(24)25)23(22-14)11-4-5-12(19)13(20)8-11/h4-5,7-9H,6H2,1-3H3,(H,24,25). The lowest BCUT2D eigenvalue weighted by molar-refractivity contribution is 0.0690. The molecule has 25 heavy (non-hydrogen) atoms. The third-order valence-corrected chi connectivity index (χ3v) is 4.17. The molecule has 0 aliphatic heterocycles. The van der Waals surface area contributed by atoms with E-state index in [1.54, 1.807) is 23.7 Å². The maximum absolute atomic E-state index is 13.9. The second kappa shape index (κ2) is 6.44. The fourth-order valence-corrected chi connectivity index (χ4v) is 2.87. The van der Waals surface area contributed by atoms with Gasteiger partial charge in [-0.3, -0.25) is 0 Å². The lowest BCUT2D eigenvalue weighted by Crippen LogP contribution is -2.04. The Morgan fingerprint density at radius 2 is 2.08 bits per heavy atom. The maximum atomic E-state index is 13.9. The number of rotatable bonds is 4. The van der Waals surface area contributed by atoms with Crippen LogP contribution < -0.4 is 0 Å². The van der Waals surface area contributed by atoms with Gasteiger partial charge in [0.25, 0.3) is 0 Å². The van der Waals surface area contributed by atoms with Gasteiger partial charge in [-0.2, -0.15) is 5.10 Å². The van der Waals surface area contributed by atoms with Crippen LogP contribution in [0.1, 0.15) is 35.6 Å². The molecule has 0 saturated heterocycles. The van der Waals surface area contributed by atoms with Crippen LogP contribution in [0.5, 0.6) is 0 Å². The number of aromatic carboxylic acids is 1. The minimum absolute atomic E-state index is 0.000609. The van der Waals surface area contributed by atoms with Crippen molar-refractivity contribution in [2.24, 2.45) is 5.92 Å². The molecule has 3 rings (SSSR count). The molecule has 5 nitrogen and oxygen atoms in total. The Morgan fingerprint density at radius 3 is 2.68 bits per heavy atom. The highest BCUT2D eigenvalue weighted by Crippen LogP contribution is 2.26. The molecule has 0 radical (unpaired) electrons. The van der Waals surface area contributed by atoms with Crippen molar-refractivity contribution in [3.05, 3.63) is 52.1 Å². The Balaban J connectivity index is 2.29. The van der Waals surface area contributed by atoms with Gasteiger partial charge in [0.05, 0.1) is 21.9 Å². The topological polar surface area (TPSA) is 68.0 Å². The minimum Gasteiger partial charge on any atom is -0.477 e. The number of fused-ring (bicyclic) bond motifs is 1. The molecule has 0 unspecified atom stereocenters. The Bertz CT molecular complexity index is 982. The third-order valence-electron chi connectivity index (χ3n) is 3.87. The van der Waals surface area contributed by atoms with Gasteiger partial charge < -0.3 is 5.11 Å². The van der Waals surface area contributed by atoms with Gasteiger partial charge in [-0.15, -0.1) is 0 Å². The Hall–Kier alpha value is -2.47. The van der Waals surface area contributed by atoms with Crippen molar-refractivity contribution in [3.63, 3.8) is 0 Å². The number of hydrogen-bond acceptors (Lipinski definition) is 3. The molecular formula is C18H17ClFN3O2. The molecule has 0 spiro atoms. The normalized spacial score (nSPS) is 11.4. The summed E-state index contributed by atoms with van der Waals surface area (Å²) in [5.74, 6) is -1.31.